The Labute approximate surface area is 110 Å². The highest BCUT2D eigenvalue weighted by Gasteiger charge is 2.31. The van der Waals surface area contributed by atoms with Gasteiger partial charge in [0.25, 0.3) is 0 Å². The van der Waals surface area contributed by atoms with Gasteiger partial charge >= 0.3 is 6.36 Å². The Kier molecular flexibility index (Phi) is 5.20. The number of ether oxygens (including phenoxy) is 2. The molecule has 0 radical (unpaired) electrons. The Morgan fingerprint density at radius 3 is 2.32 bits per heavy atom. The van der Waals surface area contributed by atoms with Crippen LogP contribution in [0, 0.1) is 5.92 Å². The van der Waals surface area contributed by atoms with Gasteiger partial charge in [0, 0.05) is 7.11 Å². The van der Waals surface area contributed by atoms with Gasteiger partial charge in [0.2, 0.25) is 0 Å². The Morgan fingerprint density at radius 2 is 1.84 bits per heavy atom. The summed E-state index contributed by atoms with van der Waals surface area (Å²) in [7, 11) is 1.45. The summed E-state index contributed by atoms with van der Waals surface area (Å²) in [5, 5.41) is 10.1. The third-order valence-corrected chi connectivity index (χ3v) is 2.67. The van der Waals surface area contributed by atoms with Crippen LogP contribution in [0.4, 0.5) is 13.2 Å². The molecule has 2 unspecified atom stereocenters. The summed E-state index contributed by atoms with van der Waals surface area (Å²) in [4.78, 5) is 0. The van der Waals surface area contributed by atoms with Crippen LogP contribution in [0.15, 0.2) is 24.3 Å². The average molecular weight is 278 g/mol. The van der Waals surface area contributed by atoms with E-state index in [1.54, 1.807) is 0 Å². The third-order valence-electron chi connectivity index (χ3n) is 2.67. The van der Waals surface area contributed by atoms with Crippen molar-refractivity contribution in [1.29, 1.82) is 0 Å². The number of halogens is 3. The lowest BCUT2D eigenvalue weighted by atomic mass is 9.96. The van der Waals surface area contributed by atoms with Crippen LogP contribution in [-0.4, -0.2) is 24.7 Å². The number of rotatable bonds is 5. The van der Waals surface area contributed by atoms with Gasteiger partial charge < -0.3 is 14.6 Å². The number of hydrogen-bond donors (Lipinski definition) is 1. The lowest BCUT2D eigenvalue weighted by Crippen LogP contribution is -2.26. The molecule has 0 spiro atoms. The summed E-state index contributed by atoms with van der Waals surface area (Å²) < 4.78 is 45.3. The first-order valence-corrected chi connectivity index (χ1v) is 5.81. The van der Waals surface area contributed by atoms with Crippen LogP contribution in [-0.2, 0) is 4.74 Å². The molecule has 0 aliphatic rings. The fourth-order valence-corrected chi connectivity index (χ4v) is 1.85. The predicted octanol–water partition coefficient (Wildman–Crippen LogP) is 3.29. The van der Waals surface area contributed by atoms with Crippen LogP contribution in [0.3, 0.4) is 0 Å². The number of benzene rings is 1. The number of aliphatic hydroxyl groups is 1. The highest BCUT2D eigenvalue weighted by Crippen LogP contribution is 2.29. The Balaban J connectivity index is 2.92. The van der Waals surface area contributed by atoms with Crippen molar-refractivity contribution in [3.63, 3.8) is 0 Å². The molecule has 0 bridgehead atoms. The predicted molar refractivity (Wildman–Crippen MR) is 63.7 cm³/mol. The van der Waals surface area contributed by atoms with Crippen LogP contribution in [0.1, 0.15) is 25.5 Å². The van der Waals surface area contributed by atoms with E-state index in [0.717, 1.165) is 6.07 Å². The molecule has 0 aliphatic carbocycles. The zero-order valence-electron chi connectivity index (χ0n) is 10.9. The van der Waals surface area contributed by atoms with Gasteiger partial charge in [0.1, 0.15) is 11.9 Å². The first-order chi connectivity index (χ1) is 8.74. The van der Waals surface area contributed by atoms with E-state index in [-0.39, 0.29) is 11.7 Å². The SMILES string of the molecule is COC(C(C)C)C(O)c1cccc(OC(F)(F)F)c1. The third kappa shape index (κ3) is 4.72. The maximum atomic E-state index is 12.1. The van der Waals surface area contributed by atoms with Crippen molar-refractivity contribution < 1.29 is 27.8 Å². The number of methoxy groups -OCH3 is 1. The van der Waals surface area contributed by atoms with Gasteiger partial charge in [-0.2, -0.15) is 0 Å². The van der Waals surface area contributed by atoms with Crippen molar-refractivity contribution in [3.05, 3.63) is 29.8 Å². The summed E-state index contributed by atoms with van der Waals surface area (Å²) in [6.07, 6.45) is -6.26. The molecular formula is C13H17F3O3. The van der Waals surface area contributed by atoms with Gasteiger partial charge in [-0.05, 0) is 23.6 Å². The maximum absolute atomic E-state index is 12.1. The highest BCUT2D eigenvalue weighted by atomic mass is 19.4. The summed E-state index contributed by atoms with van der Waals surface area (Å²) >= 11 is 0. The molecular weight excluding hydrogens is 261 g/mol. The Bertz CT molecular complexity index is 404. The second-order valence-electron chi connectivity index (χ2n) is 4.51. The molecule has 1 aromatic rings. The molecule has 2 atom stereocenters. The monoisotopic (exact) mass is 278 g/mol. The molecule has 0 aliphatic heterocycles. The number of hydrogen-bond acceptors (Lipinski definition) is 3. The second kappa shape index (κ2) is 6.25. The van der Waals surface area contributed by atoms with Gasteiger partial charge in [0.15, 0.2) is 0 Å². The van der Waals surface area contributed by atoms with Gasteiger partial charge in [-0.1, -0.05) is 26.0 Å². The first-order valence-electron chi connectivity index (χ1n) is 5.81. The molecule has 19 heavy (non-hydrogen) atoms. The van der Waals surface area contributed by atoms with Crippen LogP contribution in [0.5, 0.6) is 5.75 Å². The molecule has 0 fully saturated rings. The Hall–Kier alpha value is -1.27. The van der Waals surface area contributed by atoms with E-state index in [9.17, 15) is 18.3 Å². The average Bonchev–Trinajstić information content (AvgIpc) is 2.27. The van der Waals surface area contributed by atoms with E-state index in [0.29, 0.717) is 5.56 Å². The van der Waals surface area contributed by atoms with Crippen molar-refractivity contribution in [3.8, 4) is 5.75 Å². The van der Waals surface area contributed by atoms with Crippen molar-refractivity contribution in [2.24, 2.45) is 5.92 Å². The molecule has 1 N–H and O–H groups in total. The maximum Gasteiger partial charge on any atom is 0.573 e. The molecule has 0 aromatic heterocycles. The summed E-state index contributed by atoms with van der Waals surface area (Å²) in [5.41, 5.74) is 0.322. The molecule has 6 heteroatoms. The van der Waals surface area contributed by atoms with Gasteiger partial charge in [-0.15, -0.1) is 13.2 Å². The van der Waals surface area contributed by atoms with Gasteiger partial charge in [-0.25, -0.2) is 0 Å². The second-order valence-corrected chi connectivity index (χ2v) is 4.51. The zero-order chi connectivity index (χ0) is 14.6. The lowest BCUT2D eigenvalue weighted by molar-refractivity contribution is -0.274. The Morgan fingerprint density at radius 1 is 1.21 bits per heavy atom. The van der Waals surface area contributed by atoms with Crippen molar-refractivity contribution >= 4 is 0 Å². The van der Waals surface area contributed by atoms with E-state index >= 15 is 0 Å². The topological polar surface area (TPSA) is 38.7 Å². The van der Waals surface area contributed by atoms with Crippen LogP contribution in [0.25, 0.3) is 0 Å². The molecule has 0 amide bonds. The van der Waals surface area contributed by atoms with E-state index < -0.39 is 18.6 Å². The molecule has 3 nitrogen and oxygen atoms in total. The molecule has 1 aromatic carbocycles. The minimum absolute atomic E-state index is 0.0205. The fraction of sp³-hybridized carbons (Fsp3) is 0.538. The van der Waals surface area contributed by atoms with Crippen molar-refractivity contribution in [2.75, 3.05) is 7.11 Å². The molecule has 1 rings (SSSR count). The summed E-state index contributed by atoms with van der Waals surface area (Å²) in [5.74, 6) is -0.338. The first kappa shape index (κ1) is 15.8. The normalized spacial score (nSPS) is 15.4. The molecule has 0 saturated carbocycles. The quantitative estimate of drug-likeness (QED) is 0.898. The minimum atomic E-state index is -4.75. The minimum Gasteiger partial charge on any atom is -0.406 e. The van der Waals surface area contributed by atoms with E-state index in [1.807, 2.05) is 13.8 Å². The smallest absolute Gasteiger partial charge is 0.406 e. The number of aliphatic hydroxyl groups excluding tert-OH is 1. The zero-order valence-corrected chi connectivity index (χ0v) is 10.9. The molecule has 108 valence electrons. The fourth-order valence-electron chi connectivity index (χ4n) is 1.85. The number of alkyl halides is 3. The van der Waals surface area contributed by atoms with Crippen LogP contribution < -0.4 is 4.74 Å². The van der Waals surface area contributed by atoms with Crippen molar-refractivity contribution in [1.82, 2.24) is 0 Å². The molecule has 0 heterocycles. The largest absolute Gasteiger partial charge is 0.573 e. The highest BCUT2D eigenvalue weighted by molar-refractivity contribution is 5.30. The molecule has 0 saturated heterocycles. The lowest BCUT2D eigenvalue weighted by Gasteiger charge is -2.25. The van der Waals surface area contributed by atoms with Gasteiger partial charge in [0.05, 0.1) is 6.10 Å². The van der Waals surface area contributed by atoms with Gasteiger partial charge in [-0.3, -0.25) is 0 Å². The van der Waals surface area contributed by atoms with Crippen LogP contribution >= 0.6 is 0 Å². The van der Waals surface area contributed by atoms with Crippen LogP contribution in [0.2, 0.25) is 0 Å². The summed E-state index contributed by atoms with van der Waals surface area (Å²) in [6.45, 7) is 3.71. The van der Waals surface area contributed by atoms with E-state index in [2.05, 4.69) is 4.74 Å². The standard InChI is InChI=1S/C13H17F3O3/c1-8(2)12(18-3)11(17)9-5-4-6-10(7-9)19-13(14,15)16/h4-8,11-12,17H,1-3H3. The summed E-state index contributed by atoms with van der Waals surface area (Å²) in [6, 6.07) is 5.27. The van der Waals surface area contributed by atoms with E-state index in [4.69, 9.17) is 4.74 Å². The van der Waals surface area contributed by atoms with E-state index in [1.165, 1.54) is 25.3 Å². The van der Waals surface area contributed by atoms with Crippen molar-refractivity contribution in [2.45, 2.75) is 32.4 Å².